The van der Waals surface area contributed by atoms with Crippen LogP contribution in [0.5, 0.6) is 0 Å². The predicted octanol–water partition coefficient (Wildman–Crippen LogP) is 3.36. The number of allylic oxidation sites excluding steroid dienone is 2. The van der Waals surface area contributed by atoms with Gasteiger partial charge in [0.25, 0.3) is 0 Å². The molecule has 0 spiro atoms. The van der Waals surface area contributed by atoms with E-state index in [1.165, 1.54) is 22.3 Å². The Morgan fingerprint density at radius 3 is 1.95 bits per heavy atom. The van der Waals surface area contributed by atoms with E-state index in [0.717, 1.165) is 24.0 Å². The maximum absolute atomic E-state index is 12.3. The van der Waals surface area contributed by atoms with Crippen molar-refractivity contribution in [1.82, 2.24) is 0 Å². The van der Waals surface area contributed by atoms with Crippen molar-refractivity contribution in [1.29, 1.82) is 0 Å². The lowest BCUT2D eigenvalue weighted by Crippen LogP contribution is -1.99. The Kier molecular flexibility index (Phi) is 2.22. The van der Waals surface area contributed by atoms with E-state index in [1.807, 2.05) is 12.1 Å². The van der Waals surface area contributed by atoms with Gasteiger partial charge >= 0.3 is 0 Å². The van der Waals surface area contributed by atoms with Crippen LogP contribution < -0.4 is 0 Å². The predicted molar refractivity (Wildman–Crippen MR) is 75.9 cm³/mol. The monoisotopic (exact) mass is 246 g/mol. The summed E-state index contributed by atoms with van der Waals surface area (Å²) in [6.45, 7) is 0. The van der Waals surface area contributed by atoms with Gasteiger partial charge in [-0.15, -0.1) is 0 Å². The fraction of sp³-hybridized carbons (Fsp3) is 0.167. The molecule has 1 heteroatoms. The highest BCUT2D eigenvalue weighted by Gasteiger charge is 2.29. The van der Waals surface area contributed by atoms with Crippen LogP contribution in [-0.2, 0) is 24.1 Å². The van der Waals surface area contributed by atoms with E-state index >= 15 is 0 Å². The zero-order chi connectivity index (χ0) is 12.8. The van der Waals surface area contributed by atoms with E-state index in [9.17, 15) is 4.79 Å². The van der Waals surface area contributed by atoms with Gasteiger partial charge in [-0.1, -0.05) is 48.5 Å². The lowest BCUT2D eigenvalue weighted by atomic mass is 9.99. The van der Waals surface area contributed by atoms with Crippen LogP contribution in [0.4, 0.5) is 0 Å². The van der Waals surface area contributed by atoms with E-state index in [-0.39, 0.29) is 0 Å². The first-order chi connectivity index (χ1) is 9.33. The van der Waals surface area contributed by atoms with Crippen molar-refractivity contribution in [3.63, 3.8) is 0 Å². The number of rotatable bonds is 0. The number of Topliss-reactive ketones (excluding diaryl/α,β-unsaturated/α-hetero) is 1. The van der Waals surface area contributed by atoms with Gasteiger partial charge in [-0.05, 0) is 40.7 Å². The SMILES string of the molecule is O=C1Cc2ccccc2C1=C1Cc2ccccc2C1. The van der Waals surface area contributed by atoms with Gasteiger partial charge in [-0.2, -0.15) is 0 Å². The summed E-state index contributed by atoms with van der Waals surface area (Å²) < 4.78 is 0. The van der Waals surface area contributed by atoms with Crippen LogP contribution >= 0.6 is 0 Å². The first kappa shape index (κ1) is 10.7. The Bertz CT molecular complexity index is 695. The van der Waals surface area contributed by atoms with Gasteiger partial charge in [-0.25, -0.2) is 0 Å². The van der Waals surface area contributed by atoms with Gasteiger partial charge in [0, 0.05) is 12.0 Å². The highest BCUT2D eigenvalue weighted by molar-refractivity contribution is 6.26. The minimum Gasteiger partial charge on any atom is -0.294 e. The van der Waals surface area contributed by atoms with E-state index < -0.39 is 0 Å². The summed E-state index contributed by atoms with van der Waals surface area (Å²) in [4.78, 5) is 12.3. The molecule has 2 aromatic rings. The van der Waals surface area contributed by atoms with Gasteiger partial charge in [-0.3, -0.25) is 4.79 Å². The van der Waals surface area contributed by atoms with Crippen LogP contribution in [0.25, 0.3) is 5.57 Å². The number of benzene rings is 2. The molecule has 0 fully saturated rings. The largest absolute Gasteiger partial charge is 0.294 e. The summed E-state index contributed by atoms with van der Waals surface area (Å²) in [5, 5.41) is 0. The Hall–Kier alpha value is -2.15. The number of hydrogen-bond donors (Lipinski definition) is 0. The molecular formula is C18H14O. The Morgan fingerprint density at radius 1 is 0.684 bits per heavy atom. The molecule has 0 saturated heterocycles. The molecule has 0 radical (unpaired) electrons. The fourth-order valence-corrected chi connectivity index (χ4v) is 3.32. The van der Waals surface area contributed by atoms with E-state index in [4.69, 9.17) is 0 Å². The zero-order valence-corrected chi connectivity index (χ0v) is 10.6. The molecule has 0 saturated carbocycles. The lowest BCUT2D eigenvalue weighted by Gasteiger charge is -2.04. The Balaban J connectivity index is 1.86. The highest BCUT2D eigenvalue weighted by Crippen LogP contribution is 2.37. The molecule has 0 amide bonds. The number of carbonyl (C=O) groups excluding carboxylic acids is 1. The zero-order valence-electron chi connectivity index (χ0n) is 10.6. The quantitative estimate of drug-likeness (QED) is 0.651. The van der Waals surface area contributed by atoms with E-state index in [2.05, 4.69) is 36.4 Å². The molecule has 1 nitrogen and oxygen atoms in total. The molecule has 0 bridgehead atoms. The summed E-state index contributed by atoms with van der Waals surface area (Å²) in [6.07, 6.45) is 2.45. The molecule has 0 unspecified atom stereocenters. The van der Waals surface area contributed by atoms with Gasteiger partial charge in [0.15, 0.2) is 5.78 Å². The van der Waals surface area contributed by atoms with E-state index in [0.29, 0.717) is 12.2 Å². The van der Waals surface area contributed by atoms with Crippen molar-refractivity contribution in [3.8, 4) is 0 Å². The number of carbonyl (C=O) groups is 1. The van der Waals surface area contributed by atoms with Crippen LogP contribution in [0.1, 0.15) is 22.3 Å². The third-order valence-electron chi connectivity index (χ3n) is 4.20. The van der Waals surface area contributed by atoms with Crippen LogP contribution in [0, 0.1) is 0 Å². The van der Waals surface area contributed by atoms with Crippen molar-refractivity contribution >= 4 is 11.4 Å². The third kappa shape index (κ3) is 1.58. The highest BCUT2D eigenvalue weighted by atomic mass is 16.1. The molecule has 4 rings (SSSR count). The topological polar surface area (TPSA) is 17.1 Å². The molecule has 0 N–H and O–H groups in total. The molecule has 2 aliphatic carbocycles. The molecule has 0 atom stereocenters. The second kappa shape index (κ2) is 3.92. The maximum Gasteiger partial charge on any atom is 0.167 e. The maximum atomic E-state index is 12.3. The van der Waals surface area contributed by atoms with Crippen molar-refractivity contribution in [3.05, 3.63) is 76.4 Å². The summed E-state index contributed by atoms with van der Waals surface area (Å²) >= 11 is 0. The minimum absolute atomic E-state index is 0.295. The molecule has 2 aliphatic rings. The smallest absolute Gasteiger partial charge is 0.167 e. The Morgan fingerprint density at radius 2 is 1.26 bits per heavy atom. The van der Waals surface area contributed by atoms with Gasteiger partial charge in [0.05, 0.1) is 0 Å². The first-order valence-electron chi connectivity index (χ1n) is 6.73. The molecule has 92 valence electrons. The van der Waals surface area contributed by atoms with Crippen molar-refractivity contribution in [2.24, 2.45) is 0 Å². The minimum atomic E-state index is 0.295. The van der Waals surface area contributed by atoms with Crippen LogP contribution in [0.2, 0.25) is 0 Å². The molecule has 19 heavy (non-hydrogen) atoms. The van der Waals surface area contributed by atoms with Crippen molar-refractivity contribution in [2.75, 3.05) is 0 Å². The number of ketones is 1. The standard InChI is InChI=1S/C18H14O/c19-17-11-14-7-3-4-8-16(14)18(17)15-9-12-5-1-2-6-13(12)10-15/h1-8H,9-11H2. The second-order valence-electron chi connectivity index (χ2n) is 5.36. The number of hydrogen-bond acceptors (Lipinski definition) is 1. The Labute approximate surface area is 112 Å². The molecule has 0 aromatic heterocycles. The van der Waals surface area contributed by atoms with Crippen molar-refractivity contribution < 1.29 is 4.79 Å². The molecule has 0 heterocycles. The third-order valence-corrected chi connectivity index (χ3v) is 4.20. The molecule has 2 aromatic carbocycles. The van der Waals surface area contributed by atoms with Gasteiger partial charge in [0.2, 0.25) is 0 Å². The average Bonchev–Trinajstić information content (AvgIpc) is 2.97. The molecular weight excluding hydrogens is 232 g/mol. The van der Waals surface area contributed by atoms with Crippen LogP contribution in [0.15, 0.2) is 54.1 Å². The fourth-order valence-electron chi connectivity index (χ4n) is 3.32. The van der Waals surface area contributed by atoms with Crippen molar-refractivity contribution in [2.45, 2.75) is 19.3 Å². The average molecular weight is 246 g/mol. The van der Waals surface area contributed by atoms with Crippen LogP contribution in [-0.4, -0.2) is 5.78 Å². The van der Waals surface area contributed by atoms with E-state index in [1.54, 1.807) is 0 Å². The molecule has 0 aliphatic heterocycles. The van der Waals surface area contributed by atoms with Crippen LogP contribution in [0.3, 0.4) is 0 Å². The normalized spacial score (nSPS) is 16.7. The summed E-state index contributed by atoms with van der Waals surface area (Å²) in [6, 6.07) is 16.7. The summed E-state index contributed by atoms with van der Waals surface area (Å²) in [5.41, 5.74) is 7.40. The number of fused-ring (bicyclic) bond motifs is 2. The van der Waals surface area contributed by atoms with Gasteiger partial charge < -0.3 is 0 Å². The summed E-state index contributed by atoms with van der Waals surface area (Å²) in [5.74, 6) is 0.295. The second-order valence-corrected chi connectivity index (χ2v) is 5.36. The van der Waals surface area contributed by atoms with Gasteiger partial charge in [0.1, 0.15) is 0 Å². The first-order valence-corrected chi connectivity index (χ1v) is 6.73. The summed E-state index contributed by atoms with van der Waals surface area (Å²) in [7, 11) is 0. The lowest BCUT2D eigenvalue weighted by molar-refractivity contribution is -0.112.